The van der Waals surface area contributed by atoms with Crippen molar-refractivity contribution in [3.05, 3.63) is 78.5 Å². The summed E-state index contributed by atoms with van der Waals surface area (Å²) in [6.07, 6.45) is 4.01. The van der Waals surface area contributed by atoms with Gasteiger partial charge >= 0.3 is 5.97 Å². The summed E-state index contributed by atoms with van der Waals surface area (Å²) in [5, 5.41) is 6.69. The van der Waals surface area contributed by atoms with Crippen LogP contribution in [0.1, 0.15) is 32.8 Å². The van der Waals surface area contributed by atoms with Crippen LogP contribution in [0.5, 0.6) is 0 Å². The van der Waals surface area contributed by atoms with Crippen LogP contribution in [0.25, 0.3) is 17.0 Å². The zero-order chi connectivity index (χ0) is 27.0. The highest BCUT2D eigenvalue weighted by Crippen LogP contribution is 2.31. The first kappa shape index (κ1) is 27.5. The van der Waals surface area contributed by atoms with Crippen molar-refractivity contribution in [2.75, 3.05) is 12.0 Å². The number of aromatic nitrogens is 1. The zero-order valence-electron chi connectivity index (χ0n) is 21.2. The molecule has 2 amide bonds. The van der Waals surface area contributed by atoms with Gasteiger partial charge in [-0.3, -0.25) is 24.3 Å². The lowest BCUT2D eigenvalue weighted by molar-refractivity contribution is -0.146. The largest absolute Gasteiger partial charge is 0.469 e. The molecule has 3 rings (SSSR count). The molecule has 1 heterocycles. The van der Waals surface area contributed by atoms with Gasteiger partial charge in [-0.2, -0.15) is 0 Å². The summed E-state index contributed by atoms with van der Waals surface area (Å²) in [5.74, 6) is -1.27. The van der Waals surface area contributed by atoms with E-state index in [1.54, 1.807) is 51.2 Å². The minimum Gasteiger partial charge on any atom is -0.469 e. The van der Waals surface area contributed by atoms with E-state index in [0.717, 1.165) is 10.9 Å². The summed E-state index contributed by atoms with van der Waals surface area (Å²) < 4.78 is 4.79. The number of anilines is 1. The Kier molecular flexibility index (Phi) is 9.08. The lowest BCUT2D eigenvalue weighted by atomic mass is 9.87. The average Bonchev–Trinajstić information content (AvgIpc) is 2.88. The van der Waals surface area contributed by atoms with Crippen molar-refractivity contribution >= 4 is 57.8 Å². The summed E-state index contributed by atoms with van der Waals surface area (Å²) in [6, 6.07) is 18.5. The van der Waals surface area contributed by atoms with Gasteiger partial charge in [0, 0.05) is 17.7 Å². The summed E-state index contributed by atoms with van der Waals surface area (Å²) in [4.78, 5) is 44.1. The number of hydrogen-bond donors (Lipinski definition) is 2. The van der Waals surface area contributed by atoms with Crippen LogP contribution in [0.4, 0.5) is 5.69 Å². The number of amides is 2. The van der Waals surface area contributed by atoms with E-state index in [4.69, 9.17) is 17.0 Å². The molecular formula is C28H30N4O4S. The molecule has 0 aliphatic carbocycles. The Hall–Kier alpha value is -4.11. The van der Waals surface area contributed by atoms with E-state index in [-0.39, 0.29) is 17.4 Å². The van der Waals surface area contributed by atoms with Gasteiger partial charge in [0.2, 0.25) is 11.8 Å². The van der Waals surface area contributed by atoms with Crippen molar-refractivity contribution < 1.29 is 19.1 Å². The summed E-state index contributed by atoms with van der Waals surface area (Å²) in [7, 11) is 1.28. The van der Waals surface area contributed by atoms with Gasteiger partial charge < -0.3 is 15.4 Å². The van der Waals surface area contributed by atoms with Crippen LogP contribution >= 0.6 is 12.2 Å². The van der Waals surface area contributed by atoms with Gasteiger partial charge in [-0.15, -0.1) is 0 Å². The molecule has 0 fully saturated rings. The van der Waals surface area contributed by atoms with Gasteiger partial charge in [0.1, 0.15) is 0 Å². The van der Waals surface area contributed by atoms with Crippen molar-refractivity contribution in [3.63, 3.8) is 0 Å². The third kappa shape index (κ3) is 7.20. The molecule has 1 unspecified atom stereocenters. The molecule has 0 aliphatic heterocycles. The number of fused-ring (bicyclic) bond motifs is 1. The van der Waals surface area contributed by atoms with Crippen LogP contribution < -0.4 is 15.5 Å². The smallest absolute Gasteiger partial charge is 0.306 e. The Labute approximate surface area is 221 Å². The molecule has 0 bridgehead atoms. The number of nitrogens with zero attached hydrogens (tertiary/aromatic N) is 2. The standard InChI is InChI=1S/C28H30N4O4S/c1-19(30-23(33)16-15-20-10-6-5-7-11-20)31-27(37)32(26(35)28(2,3)18-24(34)36-4)22-14-8-12-21-13-9-17-29-25(21)22/h5-17,19H,18H2,1-4H3,(H,30,33)(H,31,37)/b16-15+. The van der Waals surface area contributed by atoms with Crippen molar-refractivity contribution in [1.82, 2.24) is 15.6 Å². The van der Waals surface area contributed by atoms with E-state index >= 15 is 0 Å². The molecule has 8 nitrogen and oxygen atoms in total. The Bertz CT molecular complexity index is 1320. The molecular weight excluding hydrogens is 488 g/mol. The van der Waals surface area contributed by atoms with E-state index in [2.05, 4.69) is 15.6 Å². The predicted octanol–water partition coefficient (Wildman–Crippen LogP) is 4.21. The fourth-order valence-electron chi connectivity index (χ4n) is 3.67. The SMILES string of the molecule is COC(=O)CC(C)(C)C(=O)N(C(=S)NC(C)NC(=O)/C=C/c1ccccc1)c1cccc2cccnc12. The quantitative estimate of drug-likeness (QED) is 0.199. The first-order valence-corrected chi connectivity index (χ1v) is 12.1. The van der Waals surface area contributed by atoms with E-state index < -0.39 is 23.5 Å². The number of ether oxygens (including phenoxy) is 1. The van der Waals surface area contributed by atoms with Crippen molar-refractivity contribution in [3.8, 4) is 0 Å². The molecule has 0 spiro atoms. The number of methoxy groups -OCH3 is 1. The number of carbonyl (C=O) groups excluding carboxylic acids is 3. The Morgan fingerprint density at radius 1 is 1.05 bits per heavy atom. The fourth-order valence-corrected chi connectivity index (χ4v) is 4.03. The van der Waals surface area contributed by atoms with Crippen LogP contribution in [0.3, 0.4) is 0 Å². The number of nitrogens with one attached hydrogen (secondary N) is 2. The average molecular weight is 519 g/mol. The maximum atomic E-state index is 13.8. The second kappa shape index (κ2) is 12.2. The molecule has 1 atom stereocenters. The number of pyridine rings is 1. The second-order valence-corrected chi connectivity index (χ2v) is 9.44. The third-order valence-electron chi connectivity index (χ3n) is 5.58. The number of benzene rings is 2. The molecule has 37 heavy (non-hydrogen) atoms. The van der Waals surface area contributed by atoms with Gasteiger partial charge in [0.25, 0.3) is 0 Å². The highest BCUT2D eigenvalue weighted by Gasteiger charge is 2.38. The number of carbonyl (C=O) groups is 3. The molecule has 0 saturated carbocycles. The summed E-state index contributed by atoms with van der Waals surface area (Å²) in [5.41, 5.74) is 0.780. The van der Waals surface area contributed by atoms with Gasteiger partial charge in [-0.25, -0.2) is 0 Å². The molecule has 192 valence electrons. The van der Waals surface area contributed by atoms with Crippen molar-refractivity contribution in [1.29, 1.82) is 0 Å². The molecule has 0 aliphatic rings. The zero-order valence-corrected chi connectivity index (χ0v) is 22.0. The predicted molar refractivity (Wildman–Crippen MR) is 148 cm³/mol. The van der Waals surface area contributed by atoms with Crippen LogP contribution in [0, 0.1) is 5.41 Å². The van der Waals surface area contributed by atoms with Crippen LogP contribution in [-0.4, -0.2) is 41.2 Å². The molecule has 1 aromatic heterocycles. The van der Waals surface area contributed by atoms with Gasteiger partial charge in [-0.05, 0) is 42.9 Å². The van der Waals surface area contributed by atoms with E-state index in [9.17, 15) is 14.4 Å². The first-order valence-electron chi connectivity index (χ1n) is 11.7. The molecule has 3 aromatic rings. The normalized spacial score (nSPS) is 12.1. The molecule has 2 aromatic carbocycles. The highest BCUT2D eigenvalue weighted by molar-refractivity contribution is 7.80. The van der Waals surface area contributed by atoms with Crippen LogP contribution in [0.15, 0.2) is 72.9 Å². The summed E-state index contributed by atoms with van der Waals surface area (Å²) in [6.45, 7) is 5.02. The fraction of sp³-hybridized carbons (Fsp3) is 0.250. The van der Waals surface area contributed by atoms with E-state index in [0.29, 0.717) is 11.2 Å². The Morgan fingerprint density at radius 2 is 1.76 bits per heavy atom. The van der Waals surface area contributed by atoms with E-state index in [1.807, 2.05) is 42.5 Å². The number of hydrogen-bond acceptors (Lipinski definition) is 6. The highest BCUT2D eigenvalue weighted by atomic mass is 32.1. The monoisotopic (exact) mass is 518 g/mol. The molecule has 0 saturated heterocycles. The van der Waals surface area contributed by atoms with E-state index in [1.165, 1.54) is 18.1 Å². The minimum atomic E-state index is -1.14. The van der Waals surface area contributed by atoms with Gasteiger partial charge in [-0.1, -0.05) is 62.4 Å². The number of rotatable bonds is 8. The van der Waals surface area contributed by atoms with Crippen molar-refractivity contribution in [2.24, 2.45) is 5.41 Å². The van der Waals surface area contributed by atoms with Crippen LogP contribution in [-0.2, 0) is 19.1 Å². The molecule has 0 radical (unpaired) electrons. The number of esters is 1. The second-order valence-electron chi connectivity index (χ2n) is 9.05. The molecule has 9 heteroatoms. The van der Waals surface area contributed by atoms with Gasteiger partial charge in [0.05, 0.1) is 36.3 Å². The number of para-hydroxylation sites is 1. The maximum Gasteiger partial charge on any atom is 0.306 e. The Morgan fingerprint density at radius 3 is 2.46 bits per heavy atom. The maximum absolute atomic E-state index is 13.8. The minimum absolute atomic E-state index is 0.0564. The molecule has 2 N–H and O–H groups in total. The Balaban J connectivity index is 1.86. The lowest BCUT2D eigenvalue weighted by Gasteiger charge is -2.33. The summed E-state index contributed by atoms with van der Waals surface area (Å²) >= 11 is 5.66. The number of thiocarbonyl (C=S) groups is 1. The topological polar surface area (TPSA) is 101 Å². The van der Waals surface area contributed by atoms with Crippen LogP contribution in [0.2, 0.25) is 0 Å². The van der Waals surface area contributed by atoms with Gasteiger partial charge in [0.15, 0.2) is 5.11 Å². The third-order valence-corrected chi connectivity index (χ3v) is 5.88. The van der Waals surface area contributed by atoms with Crippen molar-refractivity contribution in [2.45, 2.75) is 33.4 Å². The lowest BCUT2D eigenvalue weighted by Crippen LogP contribution is -2.55. The first-order chi connectivity index (χ1) is 17.6.